The lowest BCUT2D eigenvalue weighted by Gasteiger charge is -2.33. The Labute approximate surface area is 128 Å². The van der Waals surface area contributed by atoms with Crippen molar-refractivity contribution in [3.8, 4) is 0 Å². The van der Waals surface area contributed by atoms with Crippen molar-refractivity contribution in [1.82, 2.24) is 10.2 Å². The number of hydrogen-bond acceptors (Lipinski definition) is 6. The van der Waals surface area contributed by atoms with E-state index < -0.39 is 29.6 Å². The highest BCUT2D eigenvalue weighted by Gasteiger charge is 2.48. The summed E-state index contributed by atoms with van der Waals surface area (Å²) in [5.74, 6) is -2.81. The molecule has 0 bridgehead atoms. The molecule has 1 fully saturated rings. The minimum atomic E-state index is -1.71. The minimum Gasteiger partial charge on any atom is -0.480 e. The average molecular weight is 316 g/mol. The number of nitrogens with one attached hydrogen (secondary N) is 1. The summed E-state index contributed by atoms with van der Waals surface area (Å²) in [7, 11) is 0. The van der Waals surface area contributed by atoms with Crippen LogP contribution in [0.4, 0.5) is 0 Å². The van der Waals surface area contributed by atoms with Crippen LogP contribution < -0.4 is 16.8 Å². The highest BCUT2D eigenvalue weighted by atomic mass is 16.4. The summed E-state index contributed by atoms with van der Waals surface area (Å²) in [4.78, 5) is 35.7. The summed E-state index contributed by atoms with van der Waals surface area (Å²) in [6.07, 6.45) is 2.41. The molecule has 0 aliphatic carbocycles. The summed E-state index contributed by atoms with van der Waals surface area (Å²) in [6, 6.07) is -0.775. The van der Waals surface area contributed by atoms with Crippen LogP contribution in [0, 0.1) is 0 Å². The molecule has 0 unspecified atom stereocenters. The first kappa shape index (κ1) is 18.3. The Kier molecular flexibility index (Phi) is 6.72. The first-order valence-corrected chi connectivity index (χ1v) is 7.32. The van der Waals surface area contributed by atoms with Crippen LogP contribution in [-0.2, 0) is 14.4 Å². The Balaban J connectivity index is 2.80. The molecule has 1 heterocycles. The molecule has 2 atom stereocenters. The first-order valence-electron chi connectivity index (χ1n) is 7.32. The van der Waals surface area contributed by atoms with Gasteiger partial charge in [-0.25, -0.2) is 4.79 Å². The number of carbonyl (C=O) groups is 3. The molecule has 1 saturated heterocycles. The molecule has 7 N–H and O–H groups in total. The molecule has 0 radical (unpaired) electrons. The number of nitrogens with zero attached hydrogens (tertiary/aromatic N) is 1. The largest absolute Gasteiger partial charge is 0.480 e. The number of rotatable bonds is 9. The maximum atomic E-state index is 12.6. The molecule has 22 heavy (non-hydrogen) atoms. The van der Waals surface area contributed by atoms with Crippen molar-refractivity contribution < 1.29 is 24.6 Å². The Morgan fingerprint density at radius 3 is 2.50 bits per heavy atom. The fraction of sp³-hybridized carbons (Fsp3) is 0.769. The van der Waals surface area contributed by atoms with E-state index in [1.165, 1.54) is 0 Å². The van der Waals surface area contributed by atoms with Gasteiger partial charge in [-0.1, -0.05) is 6.42 Å². The van der Waals surface area contributed by atoms with Crippen LogP contribution >= 0.6 is 0 Å². The van der Waals surface area contributed by atoms with Gasteiger partial charge in [0.1, 0.15) is 0 Å². The number of carboxylic acids is 2. The van der Waals surface area contributed by atoms with Gasteiger partial charge in [-0.15, -0.1) is 0 Å². The Bertz CT molecular complexity index is 431. The second-order valence-corrected chi connectivity index (χ2v) is 5.43. The number of aliphatic carboxylic acids is 2. The number of nitrogens with two attached hydrogens (primary N) is 2. The zero-order chi connectivity index (χ0) is 16.8. The van der Waals surface area contributed by atoms with Gasteiger partial charge < -0.3 is 20.8 Å². The molecule has 9 nitrogen and oxygen atoms in total. The smallest absolute Gasteiger partial charge is 0.344 e. The van der Waals surface area contributed by atoms with Crippen molar-refractivity contribution in [2.45, 2.75) is 43.8 Å². The van der Waals surface area contributed by atoms with E-state index in [9.17, 15) is 19.5 Å². The lowest BCUT2D eigenvalue weighted by atomic mass is 10.0. The molecule has 126 valence electrons. The lowest BCUT2D eigenvalue weighted by molar-refractivity contribution is -0.157. The van der Waals surface area contributed by atoms with Crippen LogP contribution in [0.2, 0.25) is 0 Å². The van der Waals surface area contributed by atoms with Crippen LogP contribution in [0.1, 0.15) is 32.1 Å². The van der Waals surface area contributed by atoms with Gasteiger partial charge in [0.25, 0.3) is 0 Å². The number of amides is 1. The Morgan fingerprint density at radius 2 is 1.95 bits per heavy atom. The quantitative estimate of drug-likeness (QED) is 0.322. The highest BCUT2D eigenvalue weighted by molar-refractivity contribution is 5.90. The van der Waals surface area contributed by atoms with Crippen molar-refractivity contribution in [2.75, 3.05) is 19.6 Å². The normalized spacial score (nSPS) is 22.5. The lowest BCUT2D eigenvalue weighted by Crippen LogP contribution is -2.63. The van der Waals surface area contributed by atoms with Gasteiger partial charge in [0.2, 0.25) is 5.91 Å². The average Bonchev–Trinajstić information content (AvgIpc) is 2.85. The summed E-state index contributed by atoms with van der Waals surface area (Å²) in [6.45, 7) is 0.348. The number of carbonyl (C=O) groups excluding carboxylic acids is 1. The molecule has 0 saturated carbocycles. The standard InChI is InChI=1S/C13H24N4O5/c14-6-2-1-4-9(16-8-10(18)19)11(20)17-7-3-5-13(17,15)12(21)22/h9,16H,1-8,14-15H2,(H,18,19)(H,21,22)/t9-,13-/m0/s1. The number of hydrogen-bond donors (Lipinski definition) is 5. The molecule has 1 amide bonds. The predicted molar refractivity (Wildman–Crippen MR) is 77.8 cm³/mol. The number of likely N-dealkylation sites (tertiary alicyclic amines) is 1. The third kappa shape index (κ3) is 4.39. The molecule has 1 aliphatic rings. The first-order chi connectivity index (χ1) is 10.3. The van der Waals surface area contributed by atoms with E-state index in [1.54, 1.807) is 0 Å². The van der Waals surface area contributed by atoms with Gasteiger partial charge in [0.15, 0.2) is 5.66 Å². The molecule has 0 aromatic rings. The second-order valence-electron chi connectivity index (χ2n) is 5.43. The number of carboxylic acid groups (broad SMARTS) is 2. The molecular weight excluding hydrogens is 292 g/mol. The fourth-order valence-corrected chi connectivity index (χ4v) is 2.57. The molecule has 9 heteroatoms. The molecule has 0 aromatic carbocycles. The van der Waals surface area contributed by atoms with Crippen molar-refractivity contribution >= 4 is 17.8 Å². The second kappa shape index (κ2) is 8.06. The fourth-order valence-electron chi connectivity index (χ4n) is 2.57. The van der Waals surface area contributed by atoms with Crippen LogP contribution in [0.3, 0.4) is 0 Å². The van der Waals surface area contributed by atoms with E-state index >= 15 is 0 Å². The third-order valence-corrected chi connectivity index (χ3v) is 3.80. The van der Waals surface area contributed by atoms with Crippen molar-refractivity contribution in [3.05, 3.63) is 0 Å². The van der Waals surface area contributed by atoms with Crippen LogP contribution in [0.25, 0.3) is 0 Å². The maximum Gasteiger partial charge on any atom is 0.344 e. The highest BCUT2D eigenvalue weighted by Crippen LogP contribution is 2.26. The molecule has 1 aliphatic heterocycles. The van der Waals surface area contributed by atoms with E-state index in [-0.39, 0.29) is 19.5 Å². The van der Waals surface area contributed by atoms with E-state index in [0.717, 1.165) is 4.90 Å². The summed E-state index contributed by atoms with van der Waals surface area (Å²) >= 11 is 0. The number of unbranched alkanes of at least 4 members (excludes halogenated alkanes) is 1. The van der Waals surface area contributed by atoms with Gasteiger partial charge in [0.05, 0.1) is 12.6 Å². The molecular formula is C13H24N4O5. The van der Waals surface area contributed by atoms with Gasteiger partial charge in [-0.05, 0) is 32.2 Å². The van der Waals surface area contributed by atoms with Crippen LogP contribution in [0.15, 0.2) is 0 Å². The van der Waals surface area contributed by atoms with E-state index in [0.29, 0.717) is 32.2 Å². The third-order valence-electron chi connectivity index (χ3n) is 3.80. The van der Waals surface area contributed by atoms with Crippen molar-refractivity contribution in [1.29, 1.82) is 0 Å². The zero-order valence-electron chi connectivity index (χ0n) is 12.5. The Morgan fingerprint density at radius 1 is 1.27 bits per heavy atom. The molecule has 0 spiro atoms. The minimum absolute atomic E-state index is 0.183. The van der Waals surface area contributed by atoms with E-state index in [1.807, 2.05) is 0 Å². The van der Waals surface area contributed by atoms with Gasteiger partial charge >= 0.3 is 11.9 Å². The van der Waals surface area contributed by atoms with E-state index in [4.69, 9.17) is 16.6 Å². The monoisotopic (exact) mass is 316 g/mol. The van der Waals surface area contributed by atoms with Gasteiger partial charge in [-0.2, -0.15) is 0 Å². The molecule has 0 aromatic heterocycles. The zero-order valence-corrected chi connectivity index (χ0v) is 12.5. The van der Waals surface area contributed by atoms with Gasteiger partial charge in [-0.3, -0.25) is 20.6 Å². The van der Waals surface area contributed by atoms with E-state index in [2.05, 4.69) is 5.32 Å². The summed E-state index contributed by atoms with van der Waals surface area (Å²) < 4.78 is 0. The SMILES string of the molecule is NCCCC[C@H](NCC(=O)O)C(=O)N1CCC[C@@]1(N)C(=O)O. The maximum absolute atomic E-state index is 12.6. The van der Waals surface area contributed by atoms with Crippen LogP contribution in [-0.4, -0.2) is 64.3 Å². The Hall–Kier alpha value is -1.71. The van der Waals surface area contributed by atoms with Crippen LogP contribution in [0.5, 0.6) is 0 Å². The topological polar surface area (TPSA) is 159 Å². The molecule has 1 rings (SSSR count). The summed E-state index contributed by atoms with van der Waals surface area (Å²) in [5.41, 5.74) is 9.53. The van der Waals surface area contributed by atoms with Crippen molar-refractivity contribution in [3.63, 3.8) is 0 Å². The van der Waals surface area contributed by atoms with Gasteiger partial charge in [0, 0.05) is 6.54 Å². The summed E-state index contributed by atoms with van der Waals surface area (Å²) in [5, 5.41) is 20.7. The van der Waals surface area contributed by atoms with Crippen molar-refractivity contribution in [2.24, 2.45) is 11.5 Å². The predicted octanol–water partition coefficient (Wildman–Crippen LogP) is -1.48.